The van der Waals surface area contributed by atoms with Gasteiger partial charge in [0, 0.05) is 11.4 Å². The molecule has 0 radical (unpaired) electrons. The van der Waals surface area contributed by atoms with Crippen LogP contribution in [0.1, 0.15) is 5.56 Å². The molecule has 0 spiro atoms. The Morgan fingerprint density at radius 2 is 1.93 bits per heavy atom. The minimum absolute atomic E-state index is 0.468. The number of alkyl halides is 1. The second-order valence-electron chi connectivity index (χ2n) is 2.95. The van der Waals surface area contributed by atoms with Gasteiger partial charge in [-0.25, -0.2) is 0 Å². The summed E-state index contributed by atoms with van der Waals surface area (Å²) >= 11 is 5.72. The number of halogens is 1. The summed E-state index contributed by atoms with van der Waals surface area (Å²) in [5.41, 5.74) is 2.91. The van der Waals surface area contributed by atoms with E-state index in [0.29, 0.717) is 5.88 Å². The molecule has 0 fully saturated rings. The van der Waals surface area contributed by atoms with Crippen molar-refractivity contribution in [2.45, 2.75) is 5.88 Å². The molecule has 0 aliphatic heterocycles. The molecule has 0 atom stereocenters. The number of hydrogen-bond acceptors (Lipinski definition) is 2. The second-order valence-corrected chi connectivity index (χ2v) is 3.22. The van der Waals surface area contributed by atoms with Gasteiger partial charge in [0.15, 0.2) is 0 Å². The average molecular weight is 205 g/mol. The molecule has 0 N–H and O–H groups in total. The first-order valence-electron chi connectivity index (χ1n) is 4.33. The van der Waals surface area contributed by atoms with Gasteiger partial charge in [-0.1, -0.05) is 30.3 Å². The van der Waals surface area contributed by atoms with Gasteiger partial charge in [-0.3, -0.25) is 0 Å². The highest BCUT2D eigenvalue weighted by Crippen LogP contribution is 2.16. The van der Waals surface area contributed by atoms with E-state index in [2.05, 4.69) is 10.2 Å². The molecule has 1 heterocycles. The summed E-state index contributed by atoms with van der Waals surface area (Å²) in [4.78, 5) is 0. The van der Waals surface area contributed by atoms with Gasteiger partial charge in [-0.2, -0.15) is 10.2 Å². The third-order valence-corrected chi connectivity index (χ3v) is 2.24. The summed E-state index contributed by atoms with van der Waals surface area (Å²) < 4.78 is 0. The van der Waals surface area contributed by atoms with Gasteiger partial charge < -0.3 is 0 Å². The highest BCUT2D eigenvalue weighted by atomic mass is 35.5. The van der Waals surface area contributed by atoms with Crippen LogP contribution < -0.4 is 0 Å². The van der Waals surface area contributed by atoms with Crippen LogP contribution >= 0.6 is 11.6 Å². The predicted molar refractivity (Wildman–Crippen MR) is 57.0 cm³/mol. The molecule has 70 valence electrons. The Bertz CT molecular complexity index is 415. The molecule has 1 aromatic heterocycles. The minimum Gasteiger partial charge on any atom is -0.158 e. The lowest BCUT2D eigenvalue weighted by Crippen LogP contribution is -1.89. The number of benzene rings is 1. The third-order valence-electron chi connectivity index (χ3n) is 1.94. The van der Waals surface area contributed by atoms with Gasteiger partial charge in [0.05, 0.1) is 11.9 Å². The summed E-state index contributed by atoms with van der Waals surface area (Å²) in [5.74, 6) is 0.468. The molecule has 0 aliphatic rings. The van der Waals surface area contributed by atoms with E-state index in [0.717, 1.165) is 16.8 Å². The van der Waals surface area contributed by atoms with Crippen LogP contribution in [0, 0.1) is 0 Å². The van der Waals surface area contributed by atoms with Crippen LogP contribution in [0.25, 0.3) is 11.3 Å². The molecule has 0 aliphatic carbocycles. The van der Waals surface area contributed by atoms with E-state index < -0.39 is 0 Å². The molecule has 0 saturated heterocycles. The van der Waals surface area contributed by atoms with E-state index in [1.54, 1.807) is 6.20 Å². The van der Waals surface area contributed by atoms with Crippen LogP contribution in [0.4, 0.5) is 0 Å². The number of hydrogen-bond donors (Lipinski definition) is 0. The number of rotatable bonds is 2. The maximum Gasteiger partial charge on any atom is 0.0932 e. The molecule has 1 aromatic carbocycles. The van der Waals surface area contributed by atoms with Crippen molar-refractivity contribution in [2.75, 3.05) is 0 Å². The van der Waals surface area contributed by atoms with Crippen LogP contribution in [0.5, 0.6) is 0 Å². The standard InChI is InChI=1S/C11H9ClN2/c12-7-9-6-11(14-13-8-9)10-4-2-1-3-5-10/h1-6,8H,7H2. The maximum absolute atomic E-state index is 5.72. The van der Waals surface area contributed by atoms with Crippen molar-refractivity contribution < 1.29 is 0 Å². The van der Waals surface area contributed by atoms with E-state index in [1.165, 1.54) is 0 Å². The van der Waals surface area contributed by atoms with Crippen LogP contribution in [0.3, 0.4) is 0 Å². The molecule has 2 aromatic rings. The summed E-state index contributed by atoms with van der Waals surface area (Å²) in [6.45, 7) is 0. The highest BCUT2D eigenvalue weighted by Gasteiger charge is 1.99. The summed E-state index contributed by atoms with van der Waals surface area (Å²) in [5, 5.41) is 7.95. The van der Waals surface area contributed by atoms with Crippen molar-refractivity contribution in [1.29, 1.82) is 0 Å². The molecule has 0 saturated carbocycles. The van der Waals surface area contributed by atoms with Crippen LogP contribution in [0.2, 0.25) is 0 Å². The van der Waals surface area contributed by atoms with E-state index >= 15 is 0 Å². The summed E-state index contributed by atoms with van der Waals surface area (Å²) in [6.07, 6.45) is 1.68. The first-order valence-corrected chi connectivity index (χ1v) is 4.86. The minimum atomic E-state index is 0.468. The van der Waals surface area contributed by atoms with Gasteiger partial charge in [0.1, 0.15) is 0 Å². The quantitative estimate of drug-likeness (QED) is 0.703. The van der Waals surface area contributed by atoms with Gasteiger partial charge in [-0.15, -0.1) is 11.6 Å². The highest BCUT2D eigenvalue weighted by molar-refractivity contribution is 6.17. The molecule has 0 unspecified atom stereocenters. The lowest BCUT2D eigenvalue weighted by molar-refractivity contribution is 1.02. The molecule has 2 rings (SSSR count). The molecule has 0 amide bonds. The van der Waals surface area contributed by atoms with Crippen molar-refractivity contribution in [3.8, 4) is 11.3 Å². The van der Waals surface area contributed by atoms with Gasteiger partial charge in [0.2, 0.25) is 0 Å². The van der Waals surface area contributed by atoms with Crippen molar-refractivity contribution in [1.82, 2.24) is 10.2 Å². The molecule has 2 nitrogen and oxygen atoms in total. The maximum atomic E-state index is 5.72. The topological polar surface area (TPSA) is 25.8 Å². The van der Waals surface area contributed by atoms with E-state index in [1.807, 2.05) is 36.4 Å². The molecule has 3 heteroatoms. The Morgan fingerprint density at radius 1 is 1.14 bits per heavy atom. The SMILES string of the molecule is ClCc1cnnc(-c2ccccc2)c1. The van der Waals surface area contributed by atoms with Crippen molar-refractivity contribution >= 4 is 11.6 Å². The van der Waals surface area contributed by atoms with E-state index in [4.69, 9.17) is 11.6 Å². The van der Waals surface area contributed by atoms with Gasteiger partial charge >= 0.3 is 0 Å². The number of nitrogens with zero attached hydrogens (tertiary/aromatic N) is 2. The largest absolute Gasteiger partial charge is 0.158 e. The van der Waals surface area contributed by atoms with Crippen LogP contribution in [-0.4, -0.2) is 10.2 Å². The molecular formula is C11H9ClN2. The van der Waals surface area contributed by atoms with Crippen molar-refractivity contribution in [3.05, 3.63) is 48.2 Å². The van der Waals surface area contributed by atoms with Crippen LogP contribution in [-0.2, 0) is 5.88 Å². The zero-order valence-electron chi connectivity index (χ0n) is 7.52. The van der Waals surface area contributed by atoms with Crippen molar-refractivity contribution in [3.63, 3.8) is 0 Å². The fourth-order valence-corrected chi connectivity index (χ4v) is 1.38. The van der Waals surface area contributed by atoms with Gasteiger partial charge in [0.25, 0.3) is 0 Å². The smallest absolute Gasteiger partial charge is 0.0932 e. The zero-order valence-corrected chi connectivity index (χ0v) is 8.28. The van der Waals surface area contributed by atoms with Crippen LogP contribution in [0.15, 0.2) is 42.6 Å². The Labute approximate surface area is 87.6 Å². The Hall–Kier alpha value is -1.41. The Kier molecular flexibility index (Phi) is 2.75. The van der Waals surface area contributed by atoms with E-state index in [-0.39, 0.29) is 0 Å². The second kappa shape index (κ2) is 4.20. The molecular weight excluding hydrogens is 196 g/mol. The fourth-order valence-electron chi connectivity index (χ4n) is 1.23. The van der Waals surface area contributed by atoms with Crippen molar-refractivity contribution in [2.24, 2.45) is 0 Å². The fraction of sp³-hybridized carbons (Fsp3) is 0.0909. The number of aromatic nitrogens is 2. The normalized spacial score (nSPS) is 10.1. The summed E-state index contributed by atoms with van der Waals surface area (Å²) in [6, 6.07) is 11.9. The lowest BCUT2D eigenvalue weighted by atomic mass is 10.1. The molecule has 0 bridgehead atoms. The predicted octanol–water partition coefficient (Wildman–Crippen LogP) is 2.88. The molecule has 14 heavy (non-hydrogen) atoms. The third kappa shape index (κ3) is 1.91. The average Bonchev–Trinajstić information content (AvgIpc) is 2.30. The Balaban J connectivity index is 2.42. The Morgan fingerprint density at radius 3 is 2.64 bits per heavy atom. The van der Waals surface area contributed by atoms with Gasteiger partial charge in [-0.05, 0) is 11.6 Å². The first-order chi connectivity index (χ1) is 6.90. The zero-order chi connectivity index (χ0) is 9.80. The lowest BCUT2D eigenvalue weighted by Gasteiger charge is -2.00. The monoisotopic (exact) mass is 204 g/mol. The first kappa shape index (κ1) is 9.16. The summed E-state index contributed by atoms with van der Waals surface area (Å²) in [7, 11) is 0. The van der Waals surface area contributed by atoms with E-state index in [9.17, 15) is 0 Å².